The molecule has 0 unspecified atom stereocenters. The van der Waals surface area contributed by atoms with E-state index in [0.717, 1.165) is 23.4 Å². The van der Waals surface area contributed by atoms with Crippen LogP contribution in [0.15, 0.2) is 54.6 Å². The number of carbonyl (C=O) groups excluding carboxylic acids is 2. The maximum Gasteiger partial charge on any atom is 0.251 e. The number of rotatable bonds is 7. The molecule has 128 valence electrons. The van der Waals surface area contributed by atoms with Crippen LogP contribution in [0, 0.1) is 0 Å². The topological polar surface area (TPSA) is 71.1 Å². The predicted molar refractivity (Wildman–Crippen MR) is 99.7 cm³/mol. The number of nitrogens with zero attached hydrogens (tertiary/aromatic N) is 1. The third-order valence-corrected chi connectivity index (χ3v) is 4.77. The van der Waals surface area contributed by atoms with E-state index in [4.69, 9.17) is 0 Å². The Balaban J connectivity index is 1.36. The monoisotopic (exact) mass is 353 g/mol. The molecule has 1 heterocycles. The molecule has 6 heteroatoms. The van der Waals surface area contributed by atoms with Crippen LogP contribution in [0.5, 0.6) is 0 Å². The average Bonchev–Trinajstić information content (AvgIpc) is 3.07. The molecule has 0 radical (unpaired) electrons. The fraction of sp³-hybridized carbons (Fsp3) is 0.211. The molecule has 0 spiro atoms. The Morgan fingerprint density at radius 2 is 1.72 bits per heavy atom. The predicted octanol–water partition coefficient (Wildman–Crippen LogP) is 2.78. The molecule has 25 heavy (non-hydrogen) atoms. The first-order chi connectivity index (χ1) is 12.2. The van der Waals surface area contributed by atoms with Crippen molar-refractivity contribution in [1.29, 1.82) is 0 Å². The summed E-state index contributed by atoms with van der Waals surface area (Å²) in [6, 6.07) is 16.9. The number of thiazole rings is 1. The molecule has 0 fully saturated rings. The van der Waals surface area contributed by atoms with Gasteiger partial charge in [-0.1, -0.05) is 30.3 Å². The Morgan fingerprint density at radius 1 is 0.960 bits per heavy atom. The molecule has 0 aliphatic heterocycles. The summed E-state index contributed by atoms with van der Waals surface area (Å²) in [5.74, 6) is -0.432. The van der Waals surface area contributed by atoms with Crippen LogP contribution in [0.1, 0.15) is 21.8 Å². The van der Waals surface area contributed by atoms with Crippen LogP contribution >= 0.6 is 11.3 Å². The Kier molecular flexibility index (Phi) is 5.74. The first-order valence-electron chi connectivity index (χ1n) is 8.17. The number of hydrogen-bond donors (Lipinski definition) is 2. The molecule has 5 nitrogen and oxygen atoms in total. The summed E-state index contributed by atoms with van der Waals surface area (Å²) in [4.78, 5) is 28.2. The number of hydrogen-bond acceptors (Lipinski definition) is 4. The van der Waals surface area contributed by atoms with Gasteiger partial charge >= 0.3 is 0 Å². The molecular weight excluding hydrogens is 334 g/mol. The van der Waals surface area contributed by atoms with Crippen molar-refractivity contribution in [2.75, 3.05) is 13.1 Å². The maximum absolute atomic E-state index is 11.9. The highest BCUT2D eigenvalue weighted by molar-refractivity contribution is 7.18. The van der Waals surface area contributed by atoms with E-state index < -0.39 is 0 Å². The van der Waals surface area contributed by atoms with Gasteiger partial charge in [-0.15, -0.1) is 11.3 Å². The van der Waals surface area contributed by atoms with Gasteiger partial charge in [0.2, 0.25) is 5.91 Å². The zero-order valence-corrected chi connectivity index (χ0v) is 14.5. The van der Waals surface area contributed by atoms with Gasteiger partial charge in [0.15, 0.2) is 0 Å². The van der Waals surface area contributed by atoms with Crippen LogP contribution < -0.4 is 10.6 Å². The zero-order valence-electron chi connectivity index (χ0n) is 13.7. The summed E-state index contributed by atoms with van der Waals surface area (Å²) in [5, 5.41) is 6.51. The summed E-state index contributed by atoms with van der Waals surface area (Å²) in [5.41, 5.74) is 1.57. The van der Waals surface area contributed by atoms with Crippen LogP contribution in [0.2, 0.25) is 0 Å². The number of carbonyl (C=O) groups is 2. The van der Waals surface area contributed by atoms with Gasteiger partial charge in [0.25, 0.3) is 5.91 Å². The van der Waals surface area contributed by atoms with Crippen molar-refractivity contribution in [3.8, 4) is 0 Å². The molecule has 0 saturated heterocycles. The van der Waals surface area contributed by atoms with E-state index in [1.54, 1.807) is 35.6 Å². The van der Waals surface area contributed by atoms with Gasteiger partial charge < -0.3 is 10.6 Å². The number of fused-ring (bicyclic) bond motifs is 1. The SMILES string of the molecule is O=C(CNC(=O)c1ccccc1)NCCCc1nc2ccccc2s1. The van der Waals surface area contributed by atoms with Crippen molar-refractivity contribution in [2.24, 2.45) is 0 Å². The number of aromatic nitrogens is 1. The van der Waals surface area contributed by atoms with Crippen molar-refractivity contribution in [2.45, 2.75) is 12.8 Å². The van der Waals surface area contributed by atoms with Gasteiger partial charge in [-0.05, 0) is 30.7 Å². The van der Waals surface area contributed by atoms with E-state index in [-0.39, 0.29) is 18.4 Å². The van der Waals surface area contributed by atoms with Crippen molar-refractivity contribution < 1.29 is 9.59 Å². The van der Waals surface area contributed by atoms with Crippen LogP contribution in [-0.4, -0.2) is 29.9 Å². The molecule has 0 atom stereocenters. The van der Waals surface area contributed by atoms with Crippen LogP contribution in [0.4, 0.5) is 0 Å². The highest BCUT2D eigenvalue weighted by atomic mass is 32.1. The second kappa shape index (κ2) is 8.39. The van der Waals surface area contributed by atoms with Crippen LogP contribution in [0.3, 0.4) is 0 Å². The average molecular weight is 353 g/mol. The summed E-state index contributed by atoms with van der Waals surface area (Å²) in [6.07, 6.45) is 1.65. The van der Waals surface area contributed by atoms with E-state index in [0.29, 0.717) is 12.1 Å². The molecule has 0 aliphatic rings. The molecule has 3 aromatic rings. The molecule has 0 bridgehead atoms. The minimum absolute atomic E-state index is 0.0190. The smallest absolute Gasteiger partial charge is 0.251 e. The number of nitrogens with one attached hydrogen (secondary N) is 2. The van der Waals surface area contributed by atoms with Gasteiger partial charge in [-0.3, -0.25) is 9.59 Å². The highest BCUT2D eigenvalue weighted by Gasteiger charge is 2.07. The minimum Gasteiger partial charge on any atom is -0.355 e. The number of benzene rings is 2. The van der Waals surface area contributed by atoms with E-state index >= 15 is 0 Å². The third kappa shape index (κ3) is 4.87. The first-order valence-corrected chi connectivity index (χ1v) is 8.98. The molecule has 3 rings (SSSR count). The summed E-state index contributed by atoms with van der Waals surface area (Å²) in [6.45, 7) is 0.546. The standard InChI is InChI=1S/C19H19N3O2S/c23-17(13-21-19(24)14-7-2-1-3-8-14)20-12-6-11-18-22-15-9-4-5-10-16(15)25-18/h1-5,7-10H,6,11-13H2,(H,20,23)(H,21,24). The number of amides is 2. The third-order valence-electron chi connectivity index (χ3n) is 3.67. The summed E-state index contributed by atoms with van der Waals surface area (Å²) in [7, 11) is 0. The van der Waals surface area contributed by atoms with Crippen molar-refractivity contribution in [3.63, 3.8) is 0 Å². The Bertz CT molecular complexity index is 828. The molecule has 2 amide bonds. The molecule has 0 saturated carbocycles. The number of para-hydroxylation sites is 1. The van der Waals surface area contributed by atoms with E-state index in [1.807, 2.05) is 24.3 Å². The maximum atomic E-state index is 11.9. The largest absolute Gasteiger partial charge is 0.355 e. The second-order valence-corrected chi connectivity index (χ2v) is 6.69. The first kappa shape index (κ1) is 17.1. The van der Waals surface area contributed by atoms with Gasteiger partial charge in [0.05, 0.1) is 21.8 Å². The Labute approximate surface area is 150 Å². The zero-order chi connectivity index (χ0) is 17.5. The van der Waals surface area contributed by atoms with E-state index in [9.17, 15) is 9.59 Å². The Hall–Kier alpha value is -2.73. The summed E-state index contributed by atoms with van der Waals surface area (Å²) < 4.78 is 1.19. The lowest BCUT2D eigenvalue weighted by atomic mass is 10.2. The van der Waals surface area contributed by atoms with Crippen molar-refractivity contribution in [1.82, 2.24) is 15.6 Å². The Morgan fingerprint density at radius 3 is 2.52 bits per heavy atom. The van der Waals surface area contributed by atoms with E-state index in [2.05, 4.69) is 21.7 Å². The van der Waals surface area contributed by atoms with Gasteiger partial charge in [-0.2, -0.15) is 0 Å². The molecule has 2 aromatic carbocycles. The highest BCUT2D eigenvalue weighted by Crippen LogP contribution is 2.22. The van der Waals surface area contributed by atoms with Crippen molar-refractivity contribution >= 4 is 33.4 Å². The number of aryl methyl sites for hydroxylation is 1. The quantitative estimate of drug-likeness (QED) is 0.642. The lowest BCUT2D eigenvalue weighted by molar-refractivity contribution is -0.120. The second-order valence-electron chi connectivity index (χ2n) is 5.58. The van der Waals surface area contributed by atoms with Gasteiger partial charge in [0.1, 0.15) is 0 Å². The van der Waals surface area contributed by atoms with Crippen LogP contribution in [-0.2, 0) is 11.2 Å². The molecule has 0 aliphatic carbocycles. The summed E-state index contributed by atoms with van der Waals surface area (Å²) >= 11 is 1.69. The lowest BCUT2D eigenvalue weighted by Gasteiger charge is -2.06. The normalized spacial score (nSPS) is 10.6. The minimum atomic E-state index is -0.245. The fourth-order valence-corrected chi connectivity index (χ4v) is 3.42. The van der Waals surface area contributed by atoms with Crippen LogP contribution in [0.25, 0.3) is 10.2 Å². The van der Waals surface area contributed by atoms with E-state index in [1.165, 1.54) is 4.70 Å². The van der Waals surface area contributed by atoms with Crippen molar-refractivity contribution in [3.05, 3.63) is 65.2 Å². The van der Waals surface area contributed by atoms with Gasteiger partial charge in [0, 0.05) is 18.5 Å². The molecular formula is C19H19N3O2S. The molecule has 1 aromatic heterocycles. The lowest BCUT2D eigenvalue weighted by Crippen LogP contribution is -2.37. The fourth-order valence-electron chi connectivity index (χ4n) is 2.41. The molecule has 2 N–H and O–H groups in total. The van der Waals surface area contributed by atoms with Gasteiger partial charge in [-0.25, -0.2) is 4.98 Å².